The van der Waals surface area contributed by atoms with Crippen molar-refractivity contribution in [3.63, 3.8) is 0 Å². The number of rotatable bonds is 6. The van der Waals surface area contributed by atoms with Crippen LogP contribution < -0.4 is 5.32 Å². The molecular formula is C12H14ClNO5S. The minimum absolute atomic E-state index is 0.139. The molecule has 0 bridgehead atoms. The first-order valence-electron chi connectivity index (χ1n) is 5.66. The zero-order chi connectivity index (χ0) is 15.3. The Bertz CT molecular complexity index is 614. The van der Waals surface area contributed by atoms with E-state index >= 15 is 0 Å². The summed E-state index contributed by atoms with van der Waals surface area (Å²) in [5.41, 5.74) is 0.139. The lowest BCUT2D eigenvalue weighted by atomic mass is 10.1. The number of halogens is 1. The highest BCUT2D eigenvalue weighted by molar-refractivity contribution is 7.90. The summed E-state index contributed by atoms with van der Waals surface area (Å²) in [6.45, 7) is 0. The van der Waals surface area contributed by atoms with Gasteiger partial charge in [0.1, 0.15) is 15.9 Å². The molecule has 20 heavy (non-hydrogen) atoms. The molecule has 2 N–H and O–H groups in total. The number of amides is 1. The van der Waals surface area contributed by atoms with Crippen molar-refractivity contribution < 1.29 is 23.1 Å². The first-order valence-corrected chi connectivity index (χ1v) is 8.10. The number of hydrogen-bond donors (Lipinski definition) is 2. The molecule has 6 nitrogen and oxygen atoms in total. The van der Waals surface area contributed by atoms with Crippen molar-refractivity contribution in [1.29, 1.82) is 0 Å². The Hall–Kier alpha value is -1.60. The fourth-order valence-electron chi connectivity index (χ4n) is 1.47. The van der Waals surface area contributed by atoms with Gasteiger partial charge in [-0.25, -0.2) is 13.2 Å². The summed E-state index contributed by atoms with van der Waals surface area (Å²) in [6.07, 6.45) is 0.798. The summed E-state index contributed by atoms with van der Waals surface area (Å²) in [6, 6.07) is 4.90. The predicted molar refractivity (Wildman–Crippen MR) is 74.7 cm³/mol. The molecule has 0 unspecified atom stereocenters. The van der Waals surface area contributed by atoms with Gasteiger partial charge in [-0.05, 0) is 18.6 Å². The van der Waals surface area contributed by atoms with E-state index in [2.05, 4.69) is 5.32 Å². The van der Waals surface area contributed by atoms with E-state index in [0.29, 0.717) is 0 Å². The second-order valence-electron chi connectivity index (χ2n) is 4.26. The molecule has 1 aromatic carbocycles. The Morgan fingerprint density at radius 3 is 2.45 bits per heavy atom. The second kappa shape index (κ2) is 6.71. The first-order chi connectivity index (χ1) is 9.20. The van der Waals surface area contributed by atoms with E-state index < -0.39 is 27.8 Å². The van der Waals surface area contributed by atoms with E-state index in [1.165, 1.54) is 12.1 Å². The second-order valence-corrected chi connectivity index (χ2v) is 6.93. The third-order valence-electron chi connectivity index (χ3n) is 2.50. The van der Waals surface area contributed by atoms with E-state index in [1.807, 2.05) is 0 Å². The molecule has 0 radical (unpaired) electrons. The van der Waals surface area contributed by atoms with Crippen LogP contribution in [0.5, 0.6) is 0 Å². The molecule has 1 rings (SSSR count). The van der Waals surface area contributed by atoms with Gasteiger partial charge in [0.2, 0.25) is 0 Å². The molecule has 8 heteroatoms. The van der Waals surface area contributed by atoms with Crippen LogP contribution in [0, 0.1) is 0 Å². The molecule has 1 atom stereocenters. The maximum Gasteiger partial charge on any atom is 0.326 e. The largest absolute Gasteiger partial charge is 0.480 e. The lowest BCUT2D eigenvalue weighted by Crippen LogP contribution is -2.42. The van der Waals surface area contributed by atoms with E-state index in [9.17, 15) is 18.0 Å². The van der Waals surface area contributed by atoms with Crippen molar-refractivity contribution in [3.05, 3.63) is 34.9 Å². The highest BCUT2D eigenvalue weighted by atomic mass is 35.5. The Labute approximate surface area is 121 Å². The number of carbonyl (C=O) groups is 2. The summed E-state index contributed by atoms with van der Waals surface area (Å²) in [5.74, 6) is -2.28. The molecule has 1 aromatic rings. The molecular weight excluding hydrogens is 306 g/mol. The third kappa shape index (κ3) is 5.18. The number of nitrogens with one attached hydrogen (secondary N) is 1. The summed E-state index contributed by atoms with van der Waals surface area (Å²) >= 11 is 5.83. The number of carboxylic acids is 1. The molecule has 110 valence electrons. The fourth-order valence-corrected chi connectivity index (χ4v) is 2.36. The Balaban J connectivity index is 2.79. The summed E-state index contributed by atoms with van der Waals surface area (Å²) in [7, 11) is -3.30. The standard InChI is InChI=1S/C12H14ClNO5S/c1-20(18,19)7-6-10(12(16)17)14-11(15)8-4-2-3-5-9(8)13/h2-5,10H,6-7H2,1H3,(H,14,15)(H,16,17)/t10-/m0/s1. The van der Waals surface area contributed by atoms with Gasteiger partial charge in [0.25, 0.3) is 5.91 Å². The quantitative estimate of drug-likeness (QED) is 0.813. The summed E-state index contributed by atoms with van der Waals surface area (Å²) < 4.78 is 22.1. The smallest absolute Gasteiger partial charge is 0.326 e. The molecule has 0 heterocycles. The zero-order valence-corrected chi connectivity index (χ0v) is 12.2. The van der Waals surface area contributed by atoms with E-state index in [-0.39, 0.29) is 22.8 Å². The van der Waals surface area contributed by atoms with Crippen LogP contribution in [0.15, 0.2) is 24.3 Å². The van der Waals surface area contributed by atoms with Gasteiger partial charge >= 0.3 is 5.97 Å². The summed E-state index contributed by atoms with van der Waals surface area (Å²) in [5, 5.41) is 11.4. The molecule has 0 saturated heterocycles. The molecule has 0 fully saturated rings. The predicted octanol–water partition coefficient (Wildman–Crippen LogP) is 0.958. The van der Waals surface area contributed by atoms with Gasteiger partial charge in [-0.2, -0.15) is 0 Å². The fraction of sp³-hybridized carbons (Fsp3) is 0.333. The van der Waals surface area contributed by atoms with Gasteiger partial charge in [-0.1, -0.05) is 23.7 Å². The van der Waals surface area contributed by atoms with Crippen molar-refractivity contribution in [1.82, 2.24) is 5.32 Å². The number of aliphatic carboxylic acids is 1. The molecule has 1 amide bonds. The molecule has 0 aliphatic heterocycles. The highest BCUT2D eigenvalue weighted by Gasteiger charge is 2.23. The average Bonchev–Trinajstić information content (AvgIpc) is 2.33. The van der Waals surface area contributed by atoms with Crippen molar-refractivity contribution >= 4 is 33.3 Å². The van der Waals surface area contributed by atoms with Gasteiger partial charge in [-0.15, -0.1) is 0 Å². The topological polar surface area (TPSA) is 101 Å². The van der Waals surface area contributed by atoms with Gasteiger partial charge in [-0.3, -0.25) is 4.79 Å². The van der Waals surface area contributed by atoms with Crippen LogP contribution in [0.3, 0.4) is 0 Å². The minimum Gasteiger partial charge on any atom is -0.480 e. The normalized spacial score (nSPS) is 12.7. The number of hydrogen-bond acceptors (Lipinski definition) is 4. The molecule has 0 spiro atoms. The maximum atomic E-state index is 11.9. The van der Waals surface area contributed by atoms with Crippen LogP contribution >= 0.6 is 11.6 Å². The van der Waals surface area contributed by atoms with Crippen LogP contribution in [-0.4, -0.2) is 43.5 Å². The van der Waals surface area contributed by atoms with Crippen LogP contribution in [0.2, 0.25) is 5.02 Å². The van der Waals surface area contributed by atoms with Crippen LogP contribution in [-0.2, 0) is 14.6 Å². The number of carboxylic acid groups (broad SMARTS) is 1. The monoisotopic (exact) mass is 319 g/mol. The van der Waals surface area contributed by atoms with Gasteiger partial charge in [0, 0.05) is 6.26 Å². The average molecular weight is 320 g/mol. The maximum absolute atomic E-state index is 11.9. The Morgan fingerprint density at radius 1 is 1.35 bits per heavy atom. The van der Waals surface area contributed by atoms with E-state index in [1.54, 1.807) is 12.1 Å². The molecule has 0 aliphatic carbocycles. The number of carbonyl (C=O) groups excluding carboxylic acids is 1. The van der Waals surface area contributed by atoms with Gasteiger partial charge in [0.05, 0.1) is 16.3 Å². The third-order valence-corrected chi connectivity index (χ3v) is 3.81. The van der Waals surface area contributed by atoms with Crippen molar-refractivity contribution in [3.8, 4) is 0 Å². The number of benzene rings is 1. The lowest BCUT2D eigenvalue weighted by molar-refractivity contribution is -0.139. The van der Waals surface area contributed by atoms with Crippen LogP contribution in [0.1, 0.15) is 16.8 Å². The van der Waals surface area contributed by atoms with Crippen molar-refractivity contribution in [2.45, 2.75) is 12.5 Å². The number of sulfone groups is 1. The van der Waals surface area contributed by atoms with Crippen LogP contribution in [0.4, 0.5) is 0 Å². The first kappa shape index (κ1) is 16.5. The van der Waals surface area contributed by atoms with Crippen LogP contribution in [0.25, 0.3) is 0 Å². The molecule has 0 aromatic heterocycles. The molecule has 0 saturated carbocycles. The minimum atomic E-state index is -3.30. The lowest BCUT2D eigenvalue weighted by Gasteiger charge is -2.14. The highest BCUT2D eigenvalue weighted by Crippen LogP contribution is 2.15. The van der Waals surface area contributed by atoms with Gasteiger partial charge in [0.15, 0.2) is 0 Å². The Kier molecular flexibility index (Phi) is 5.52. The Morgan fingerprint density at radius 2 is 1.95 bits per heavy atom. The van der Waals surface area contributed by atoms with E-state index in [4.69, 9.17) is 16.7 Å². The zero-order valence-electron chi connectivity index (χ0n) is 10.7. The molecule has 0 aliphatic rings. The van der Waals surface area contributed by atoms with Gasteiger partial charge < -0.3 is 10.4 Å². The SMILES string of the molecule is CS(=O)(=O)CC[C@H](NC(=O)c1ccccc1Cl)C(=O)O. The van der Waals surface area contributed by atoms with Crippen molar-refractivity contribution in [2.75, 3.05) is 12.0 Å². The summed E-state index contributed by atoms with van der Waals surface area (Å²) in [4.78, 5) is 22.9. The van der Waals surface area contributed by atoms with E-state index in [0.717, 1.165) is 6.26 Å². The van der Waals surface area contributed by atoms with Crippen molar-refractivity contribution in [2.24, 2.45) is 0 Å².